The van der Waals surface area contributed by atoms with Gasteiger partial charge >= 0.3 is 0 Å². The number of rotatable bonds is 10. The summed E-state index contributed by atoms with van der Waals surface area (Å²) in [7, 11) is -3.38. The first-order valence-corrected chi connectivity index (χ1v) is 8.66. The highest BCUT2D eigenvalue weighted by Gasteiger charge is 2.24. The molecule has 0 aliphatic heterocycles. The minimum atomic E-state index is -3.38. The van der Waals surface area contributed by atoms with Crippen molar-refractivity contribution in [3.8, 4) is 0 Å². The van der Waals surface area contributed by atoms with E-state index in [0.717, 1.165) is 6.08 Å². The van der Waals surface area contributed by atoms with Gasteiger partial charge in [0.05, 0.1) is 17.7 Å². The lowest BCUT2D eigenvalue weighted by molar-refractivity contribution is -0.121. The van der Waals surface area contributed by atoms with Crippen LogP contribution in [0.15, 0.2) is 12.7 Å². The number of carbonyl (C=O) groups is 2. The first kappa shape index (κ1) is 19.2. The molecule has 0 aliphatic rings. The van der Waals surface area contributed by atoms with Crippen LogP contribution in [0, 0.1) is 0 Å². The second-order valence-corrected chi connectivity index (χ2v) is 6.98. The van der Waals surface area contributed by atoms with Crippen LogP contribution in [0.3, 0.4) is 0 Å². The molecule has 1 atom stereocenters. The molecule has 0 aliphatic carbocycles. The molecule has 2 N–H and O–H groups in total. The SMILES string of the molecule is C=CC(=O)NCNC(=O)CCC(CCl)S(=O)(=O)CCCl. The largest absolute Gasteiger partial charge is 0.339 e. The Bertz CT molecular complexity index is 440. The molecule has 0 aromatic heterocycles. The molecular formula is C11H18Cl2N2O4S. The van der Waals surface area contributed by atoms with Crippen molar-refractivity contribution in [1.82, 2.24) is 10.6 Å². The van der Waals surface area contributed by atoms with Crippen LogP contribution < -0.4 is 10.6 Å². The quantitative estimate of drug-likeness (QED) is 0.341. The van der Waals surface area contributed by atoms with Gasteiger partial charge in [-0.2, -0.15) is 0 Å². The van der Waals surface area contributed by atoms with Crippen molar-refractivity contribution in [2.75, 3.05) is 24.2 Å². The Morgan fingerprint density at radius 1 is 1.25 bits per heavy atom. The smallest absolute Gasteiger partial charge is 0.244 e. The second-order valence-electron chi connectivity index (χ2n) is 3.89. The highest BCUT2D eigenvalue weighted by molar-refractivity contribution is 7.92. The molecule has 20 heavy (non-hydrogen) atoms. The molecule has 0 heterocycles. The van der Waals surface area contributed by atoms with E-state index >= 15 is 0 Å². The van der Waals surface area contributed by atoms with Gasteiger partial charge in [0.1, 0.15) is 0 Å². The van der Waals surface area contributed by atoms with E-state index in [4.69, 9.17) is 23.2 Å². The van der Waals surface area contributed by atoms with Crippen molar-refractivity contribution >= 4 is 44.9 Å². The first-order chi connectivity index (χ1) is 9.37. The van der Waals surface area contributed by atoms with E-state index in [-0.39, 0.29) is 42.9 Å². The predicted molar refractivity (Wildman–Crippen MR) is 79.6 cm³/mol. The number of hydrogen-bond donors (Lipinski definition) is 2. The maximum absolute atomic E-state index is 11.7. The molecule has 9 heteroatoms. The Hall–Kier alpha value is -0.790. The fourth-order valence-corrected chi connectivity index (χ4v) is 3.90. The van der Waals surface area contributed by atoms with Crippen LogP contribution in [0.1, 0.15) is 12.8 Å². The van der Waals surface area contributed by atoms with Gasteiger partial charge in [-0.05, 0) is 12.5 Å². The number of hydrogen-bond acceptors (Lipinski definition) is 4. The van der Waals surface area contributed by atoms with E-state index in [1.54, 1.807) is 0 Å². The molecule has 0 fully saturated rings. The summed E-state index contributed by atoms with van der Waals surface area (Å²) in [6.07, 6.45) is 1.20. The van der Waals surface area contributed by atoms with Crippen molar-refractivity contribution in [3.05, 3.63) is 12.7 Å². The zero-order chi connectivity index (χ0) is 15.6. The molecule has 0 spiro atoms. The molecule has 2 amide bonds. The molecule has 0 radical (unpaired) electrons. The van der Waals surface area contributed by atoms with Crippen LogP contribution in [-0.4, -0.2) is 49.7 Å². The number of halogens is 2. The number of carbonyl (C=O) groups excluding carboxylic acids is 2. The van der Waals surface area contributed by atoms with Gasteiger partial charge in [-0.3, -0.25) is 9.59 Å². The van der Waals surface area contributed by atoms with E-state index in [0.29, 0.717) is 0 Å². The highest BCUT2D eigenvalue weighted by Crippen LogP contribution is 2.12. The predicted octanol–water partition coefficient (Wildman–Crippen LogP) is 0.403. The van der Waals surface area contributed by atoms with E-state index < -0.39 is 21.0 Å². The summed E-state index contributed by atoms with van der Waals surface area (Å²) in [4.78, 5) is 22.3. The van der Waals surface area contributed by atoms with E-state index in [9.17, 15) is 18.0 Å². The van der Waals surface area contributed by atoms with Crippen molar-refractivity contribution < 1.29 is 18.0 Å². The Labute approximate surface area is 128 Å². The van der Waals surface area contributed by atoms with Crippen LogP contribution in [0.25, 0.3) is 0 Å². The van der Waals surface area contributed by atoms with E-state index in [1.807, 2.05) is 0 Å². The van der Waals surface area contributed by atoms with Crippen LogP contribution >= 0.6 is 23.2 Å². The van der Waals surface area contributed by atoms with E-state index in [2.05, 4.69) is 17.2 Å². The molecule has 0 bridgehead atoms. The number of amides is 2. The Morgan fingerprint density at radius 2 is 1.90 bits per heavy atom. The van der Waals surface area contributed by atoms with Crippen molar-refractivity contribution in [2.45, 2.75) is 18.1 Å². The lowest BCUT2D eigenvalue weighted by Crippen LogP contribution is -2.37. The fourth-order valence-electron chi connectivity index (χ4n) is 1.31. The minimum Gasteiger partial charge on any atom is -0.339 e. The standard InChI is InChI=1S/C11H18Cl2N2O4S/c1-2-10(16)14-8-15-11(17)4-3-9(7-13)20(18,19)6-5-12/h2,9H,1,3-8H2,(H,14,16)(H,15,17). The van der Waals surface area contributed by atoms with Crippen LogP contribution in [0.4, 0.5) is 0 Å². The van der Waals surface area contributed by atoms with Crippen molar-refractivity contribution in [1.29, 1.82) is 0 Å². The maximum Gasteiger partial charge on any atom is 0.244 e. The third-order valence-electron chi connectivity index (χ3n) is 2.47. The molecule has 116 valence electrons. The summed E-state index contributed by atoms with van der Waals surface area (Å²) >= 11 is 11.0. The average molecular weight is 345 g/mol. The zero-order valence-electron chi connectivity index (χ0n) is 10.9. The molecule has 6 nitrogen and oxygen atoms in total. The molecule has 0 saturated heterocycles. The number of sulfone groups is 1. The molecule has 1 unspecified atom stereocenters. The molecule has 0 aromatic carbocycles. The zero-order valence-corrected chi connectivity index (χ0v) is 13.2. The topological polar surface area (TPSA) is 92.3 Å². The second kappa shape index (κ2) is 10.0. The third-order valence-corrected chi connectivity index (χ3v) is 5.63. The van der Waals surface area contributed by atoms with Crippen LogP contribution in [0.5, 0.6) is 0 Å². The van der Waals surface area contributed by atoms with Crippen LogP contribution in [0.2, 0.25) is 0 Å². The lowest BCUT2D eigenvalue weighted by Gasteiger charge is -2.14. The lowest BCUT2D eigenvalue weighted by atomic mass is 10.2. The maximum atomic E-state index is 11.7. The molecule has 0 aromatic rings. The minimum absolute atomic E-state index is 0.00284. The van der Waals surface area contributed by atoms with Crippen molar-refractivity contribution in [3.63, 3.8) is 0 Å². The third kappa shape index (κ3) is 7.72. The van der Waals surface area contributed by atoms with Gasteiger partial charge in [0.15, 0.2) is 9.84 Å². The normalized spacial score (nSPS) is 12.5. The van der Waals surface area contributed by atoms with Gasteiger partial charge in [-0.1, -0.05) is 6.58 Å². The summed E-state index contributed by atoms with van der Waals surface area (Å²) in [6.45, 7) is 3.22. The number of nitrogens with one attached hydrogen (secondary N) is 2. The highest BCUT2D eigenvalue weighted by atomic mass is 35.5. The van der Waals surface area contributed by atoms with Gasteiger partial charge in [-0.15, -0.1) is 23.2 Å². The van der Waals surface area contributed by atoms with Crippen LogP contribution in [-0.2, 0) is 19.4 Å². The van der Waals surface area contributed by atoms with Gasteiger partial charge in [0.25, 0.3) is 0 Å². The summed E-state index contributed by atoms with van der Waals surface area (Å²) in [5, 5.41) is 4.00. The Morgan fingerprint density at radius 3 is 2.40 bits per heavy atom. The van der Waals surface area contributed by atoms with Gasteiger partial charge in [-0.25, -0.2) is 8.42 Å². The van der Waals surface area contributed by atoms with Gasteiger partial charge in [0.2, 0.25) is 11.8 Å². The summed E-state index contributed by atoms with van der Waals surface area (Å²) < 4.78 is 23.5. The Balaban J connectivity index is 4.14. The summed E-state index contributed by atoms with van der Waals surface area (Å²) in [5.74, 6) is -1.03. The van der Waals surface area contributed by atoms with E-state index in [1.165, 1.54) is 0 Å². The molecule has 0 saturated carbocycles. The monoisotopic (exact) mass is 344 g/mol. The summed E-state index contributed by atoms with van der Waals surface area (Å²) in [6, 6.07) is 0. The average Bonchev–Trinajstić information content (AvgIpc) is 2.38. The van der Waals surface area contributed by atoms with Crippen molar-refractivity contribution in [2.24, 2.45) is 0 Å². The molecular weight excluding hydrogens is 327 g/mol. The molecule has 0 rings (SSSR count). The van der Waals surface area contributed by atoms with Gasteiger partial charge < -0.3 is 10.6 Å². The first-order valence-electron chi connectivity index (χ1n) is 5.87. The van der Waals surface area contributed by atoms with Gasteiger partial charge in [0, 0.05) is 18.2 Å². The fraction of sp³-hybridized carbons (Fsp3) is 0.636. The number of alkyl halides is 2. The Kier molecular flexibility index (Phi) is 9.62. The summed E-state index contributed by atoms with van der Waals surface area (Å²) in [5.41, 5.74) is 0.